The van der Waals surface area contributed by atoms with Crippen molar-refractivity contribution in [1.29, 1.82) is 0 Å². The highest BCUT2D eigenvalue weighted by molar-refractivity contribution is 5.93. The zero-order valence-electron chi connectivity index (χ0n) is 24.3. The van der Waals surface area contributed by atoms with Crippen LogP contribution in [0.15, 0.2) is 42.5 Å². The number of rotatable bonds is 4. The predicted molar refractivity (Wildman–Crippen MR) is 155 cm³/mol. The Bertz CT molecular complexity index is 1280. The van der Waals surface area contributed by atoms with Gasteiger partial charge in [0, 0.05) is 26.6 Å². The van der Waals surface area contributed by atoms with Gasteiger partial charge < -0.3 is 30.7 Å². The molecule has 1 aliphatic carbocycles. The van der Waals surface area contributed by atoms with Gasteiger partial charge in [0.05, 0.1) is 12.1 Å². The number of nitrogens with zero attached hydrogens (tertiary/aromatic N) is 1. The molecule has 2 heterocycles. The van der Waals surface area contributed by atoms with Crippen molar-refractivity contribution in [3.63, 3.8) is 0 Å². The van der Waals surface area contributed by atoms with Crippen molar-refractivity contribution < 1.29 is 28.6 Å². The summed E-state index contributed by atoms with van der Waals surface area (Å²) >= 11 is 0. The molecule has 1 saturated carbocycles. The van der Waals surface area contributed by atoms with E-state index in [9.17, 15) is 23.9 Å². The molecule has 0 spiro atoms. The number of amides is 3. The molecule has 10 heteroatoms. The molecule has 0 saturated heterocycles. The Labute approximate surface area is 246 Å². The third-order valence-electron chi connectivity index (χ3n) is 8.52. The number of aliphatic hydroxyl groups is 1. The van der Waals surface area contributed by atoms with Crippen LogP contribution in [0.4, 0.5) is 4.39 Å². The first-order valence-electron chi connectivity index (χ1n) is 15.0. The van der Waals surface area contributed by atoms with E-state index in [1.165, 1.54) is 36.6 Å². The van der Waals surface area contributed by atoms with E-state index >= 15 is 0 Å². The smallest absolute Gasteiger partial charge is 0.246 e. The first kappa shape index (κ1) is 30.0. The van der Waals surface area contributed by atoms with Gasteiger partial charge in [-0.15, -0.1) is 0 Å². The number of ether oxygens (including phenoxy) is 1. The van der Waals surface area contributed by atoms with Gasteiger partial charge in [0.15, 0.2) is 0 Å². The molecule has 5 atom stereocenters. The SMILES string of the molecule is CC(O)[C@H]1C(=O)N[C@H](Cc2ccc(F)cc2)C(=O)NCCCc2cccc3c2OC(CC3)CN[C@@H](C2CC2)C(=O)N1C. The fourth-order valence-corrected chi connectivity index (χ4v) is 6.02. The maximum atomic E-state index is 13.8. The van der Waals surface area contributed by atoms with Gasteiger partial charge >= 0.3 is 0 Å². The Hall–Kier alpha value is -3.50. The first-order chi connectivity index (χ1) is 20.2. The van der Waals surface area contributed by atoms with E-state index in [2.05, 4.69) is 22.0 Å². The van der Waals surface area contributed by atoms with Crippen LogP contribution >= 0.6 is 0 Å². The Morgan fingerprint density at radius 3 is 2.43 bits per heavy atom. The molecule has 2 aliphatic heterocycles. The van der Waals surface area contributed by atoms with Gasteiger partial charge in [0.1, 0.15) is 29.8 Å². The number of aliphatic hydroxyl groups excluding tert-OH is 1. The molecule has 1 fully saturated rings. The number of aryl methyl sites for hydroxylation is 2. The van der Waals surface area contributed by atoms with Crippen molar-refractivity contribution in [1.82, 2.24) is 20.9 Å². The van der Waals surface area contributed by atoms with Gasteiger partial charge in [0.25, 0.3) is 0 Å². The number of carbonyl (C=O) groups is 3. The van der Waals surface area contributed by atoms with E-state index in [1.54, 1.807) is 12.1 Å². The number of benzene rings is 2. The lowest BCUT2D eigenvalue weighted by Gasteiger charge is -2.34. The average molecular weight is 581 g/mol. The lowest BCUT2D eigenvalue weighted by Crippen LogP contribution is -2.60. The summed E-state index contributed by atoms with van der Waals surface area (Å²) in [7, 11) is 1.52. The van der Waals surface area contributed by atoms with E-state index < -0.39 is 41.9 Å². The highest BCUT2D eigenvalue weighted by atomic mass is 19.1. The molecule has 2 aromatic rings. The number of halogens is 1. The largest absolute Gasteiger partial charge is 0.489 e. The molecule has 226 valence electrons. The van der Waals surface area contributed by atoms with Crippen LogP contribution < -0.4 is 20.7 Å². The van der Waals surface area contributed by atoms with Crippen molar-refractivity contribution in [2.24, 2.45) is 5.92 Å². The van der Waals surface area contributed by atoms with Crippen molar-refractivity contribution in [2.45, 2.75) is 82.2 Å². The Balaban J connectivity index is 1.43. The van der Waals surface area contributed by atoms with Crippen LogP contribution in [0.25, 0.3) is 0 Å². The molecule has 0 radical (unpaired) electrons. The maximum absolute atomic E-state index is 13.8. The summed E-state index contributed by atoms with van der Waals surface area (Å²) in [4.78, 5) is 42.0. The summed E-state index contributed by atoms with van der Waals surface area (Å²) in [6.45, 7) is 2.33. The number of carbonyl (C=O) groups excluding carboxylic acids is 3. The number of hydrogen-bond acceptors (Lipinski definition) is 6. The third-order valence-corrected chi connectivity index (χ3v) is 8.52. The summed E-state index contributed by atoms with van der Waals surface area (Å²) in [5, 5.41) is 19.8. The van der Waals surface area contributed by atoms with Gasteiger partial charge in [-0.2, -0.15) is 0 Å². The number of hydrogen-bond donors (Lipinski definition) is 4. The summed E-state index contributed by atoms with van der Waals surface area (Å²) in [5.41, 5.74) is 2.91. The molecule has 42 heavy (non-hydrogen) atoms. The molecule has 2 aromatic carbocycles. The fraction of sp³-hybridized carbons (Fsp3) is 0.531. The van der Waals surface area contributed by atoms with Crippen LogP contribution in [-0.4, -0.2) is 78.2 Å². The van der Waals surface area contributed by atoms with Crippen molar-refractivity contribution >= 4 is 17.7 Å². The quantitative estimate of drug-likeness (QED) is 0.439. The zero-order chi connectivity index (χ0) is 29.8. The summed E-state index contributed by atoms with van der Waals surface area (Å²) in [5.74, 6) is -0.664. The Kier molecular flexibility index (Phi) is 9.43. The minimum atomic E-state index is -1.21. The highest BCUT2D eigenvalue weighted by Gasteiger charge is 2.42. The van der Waals surface area contributed by atoms with Crippen LogP contribution in [0, 0.1) is 11.7 Å². The molecule has 3 amide bonds. The van der Waals surface area contributed by atoms with Crippen molar-refractivity contribution in [2.75, 3.05) is 20.1 Å². The lowest BCUT2D eigenvalue weighted by molar-refractivity contribution is -0.145. The van der Waals surface area contributed by atoms with Crippen molar-refractivity contribution in [3.8, 4) is 5.75 Å². The molecular formula is C32H41FN4O5. The van der Waals surface area contributed by atoms with Gasteiger partial charge in [-0.3, -0.25) is 14.4 Å². The second kappa shape index (κ2) is 13.2. The number of fused-ring (bicyclic) bond motifs is 1. The van der Waals surface area contributed by atoms with Crippen LogP contribution in [0.2, 0.25) is 0 Å². The molecule has 3 aliphatic rings. The molecule has 2 bridgehead atoms. The topological polar surface area (TPSA) is 120 Å². The second-order valence-corrected chi connectivity index (χ2v) is 11.8. The summed E-state index contributed by atoms with van der Waals surface area (Å²) < 4.78 is 20.0. The first-order valence-corrected chi connectivity index (χ1v) is 15.0. The predicted octanol–water partition coefficient (Wildman–Crippen LogP) is 1.89. The number of para-hydroxylation sites is 1. The monoisotopic (exact) mass is 580 g/mol. The average Bonchev–Trinajstić information content (AvgIpc) is 3.81. The minimum absolute atomic E-state index is 0.0975. The minimum Gasteiger partial charge on any atom is -0.489 e. The van der Waals surface area contributed by atoms with Gasteiger partial charge in [0.2, 0.25) is 17.7 Å². The normalized spacial score (nSPS) is 26.8. The molecule has 2 unspecified atom stereocenters. The molecular weight excluding hydrogens is 539 g/mol. The molecule has 9 nitrogen and oxygen atoms in total. The van der Waals surface area contributed by atoms with Crippen molar-refractivity contribution in [3.05, 3.63) is 65.0 Å². The van der Waals surface area contributed by atoms with Crippen LogP contribution in [-0.2, 0) is 33.6 Å². The van der Waals surface area contributed by atoms with Gasteiger partial charge in [-0.05, 0) is 80.2 Å². The van der Waals surface area contributed by atoms with E-state index in [-0.39, 0.29) is 24.3 Å². The van der Waals surface area contributed by atoms with E-state index in [4.69, 9.17) is 4.74 Å². The van der Waals surface area contributed by atoms with E-state index in [0.717, 1.165) is 37.0 Å². The lowest BCUT2D eigenvalue weighted by atomic mass is 9.96. The summed E-state index contributed by atoms with van der Waals surface area (Å²) in [6, 6.07) is 9.21. The van der Waals surface area contributed by atoms with E-state index in [1.807, 2.05) is 12.1 Å². The van der Waals surface area contributed by atoms with Gasteiger partial charge in [-0.1, -0.05) is 30.3 Å². The second-order valence-electron chi connectivity index (χ2n) is 11.8. The standard InChI is InChI=1S/C32H41FN4O5/c1-19(38)28-31(40)36-26(17-20-8-13-24(33)14-9-20)30(39)34-16-4-7-22-5-3-6-23-12-15-25(42-29(22)23)18-35-27(21-10-11-21)32(41)37(28)2/h3,5-6,8-9,13-14,19,21,25-28,35,38H,4,7,10-12,15-18H2,1-2H3,(H,34,39)(H,36,40)/t19?,25?,26-,27+,28+/m1/s1. The molecule has 0 aromatic heterocycles. The fourth-order valence-electron chi connectivity index (χ4n) is 6.02. The van der Waals surface area contributed by atoms with Crippen LogP contribution in [0.5, 0.6) is 5.75 Å². The maximum Gasteiger partial charge on any atom is 0.246 e. The Morgan fingerprint density at radius 2 is 1.74 bits per heavy atom. The number of nitrogens with one attached hydrogen (secondary N) is 3. The van der Waals surface area contributed by atoms with Crippen LogP contribution in [0.1, 0.15) is 49.3 Å². The summed E-state index contributed by atoms with van der Waals surface area (Å²) in [6.07, 6.45) is 3.73. The van der Waals surface area contributed by atoms with Crippen LogP contribution in [0.3, 0.4) is 0 Å². The van der Waals surface area contributed by atoms with E-state index in [0.29, 0.717) is 31.5 Å². The molecule has 5 rings (SSSR count). The third kappa shape index (κ3) is 7.10. The zero-order valence-corrected chi connectivity index (χ0v) is 24.3. The number of likely N-dealkylation sites (N-methyl/N-ethyl adjacent to an activating group) is 1. The molecule has 4 N–H and O–H groups in total. The Morgan fingerprint density at radius 1 is 1.02 bits per heavy atom. The highest BCUT2D eigenvalue weighted by Crippen LogP contribution is 2.35. The van der Waals surface area contributed by atoms with Gasteiger partial charge in [-0.25, -0.2) is 4.39 Å².